The van der Waals surface area contributed by atoms with E-state index in [2.05, 4.69) is 23.3 Å². The molecule has 0 saturated heterocycles. The van der Waals surface area contributed by atoms with Crippen molar-refractivity contribution in [3.05, 3.63) is 67.9 Å². The lowest BCUT2D eigenvalue weighted by atomic mass is 10.0. The van der Waals surface area contributed by atoms with Gasteiger partial charge in [0.25, 0.3) is 5.56 Å². The quantitative estimate of drug-likeness (QED) is 0.726. The van der Waals surface area contributed by atoms with Crippen LogP contribution in [0, 0.1) is 6.92 Å². The van der Waals surface area contributed by atoms with Crippen LogP contribution < -0.4 is 5.56 Å². The van der Waals surface area contributed by atoms with Crippen molar-refractivity contribution in [2.24, 2.45) is 0 Å². The van der Waals surface area contributed by atoms with Gasteiger partial charge in [-0.1, -0.05) is 6.07 Å². The highest BCUT2D eigenvalue weighted by Crippen LogP contribution is 2.33. The lowest BCUT2D eigenvalue weighted by Crippen LogP contribution is -2.33. The third kappa shape index (κ3) is 2.50. The Labute approximate surface area is 139 Å². The van der Waals surface area contributed by atoms with Crippen LogP contribution in [0.25, 0.3) is 5.65 Å². The van der Waals surface area contributed by atoms with Crippen molar-refractivity contribution < 1.29 is 0 Å². The Bertz CT molecular complexity index is 927. The molecule has 23 heavy (non-hydrogen) atoms. The molecule has 0 amide bonds. The molecule has 4 nitrogen and oxygen atoms in total. The van der Waals surface area contributed by atoms with E-state index in [-0.39, 0.29) is 5.56 Å². The molecule has 1 unspecified atom stereocenters. The number of thiophene rings is 1. The number of aromatic nitrogens is 2. The zero-order valence-corrected chi connectivity index (χ0v) is 14.1. The first-order valence-corrected chi connectivity index (χ1v) is 8.79. The van der Waals surface area contributed by atoms with E-state index in [1.54, 1.807) is 16.7 Å². The second-order valence-electron chi connectivity index (χ2n) is 6.17. The number of rotatable bonds is 2. The summed E-state index contributed by atoms with van der Waals surface area (Å²) in [5.74, 6) is 0. The first kappa shape index (κ1) is 14.6. The van der Waals surface area contributed by atoms with Crippen molar-refractivity contribution in [2.75, 3.05) is 6.54 Å². The molecule has 0 aliphatic carbocycles. The fourth-order valence-electron chi connectivity index (χ4n) is 3.38. The van der Waals surface area contributed by atoms with Crippen LogP contribution in [0.2, 0.25) is 0 Å². The molecule has 3 aromatic heterocycles. The summed E-state index contributed by atoms with van der Waals surface area (Å²) < 4.78 is 1.62. The lowest BCUT2D eigenvalue weighted by molar-refractivity contribution is 0.189. The Morgan fingerprint density at radius 3 is 3.13 bits per heavy atom. The van der Waals surface area contributed by atoms with Crippen LogP contribution in [0.4, 0.5) is 0 Å². The largest absolute Gasteiger partial charge is 0.290 e. The van der Waals surface area contributed by atoms with Gasteiger partial charge in [-0.25, -0.2) is 4.98 Å². The minimum absolute atomic E-state index is 0.00501. The number of pyridine rings is 1. The topological polar surface area (TPSA) is 37.6 Å². The average molecular weight is 325 g/mol. The molecule has 0 N–H and O–H groups in total. The van der Waals surface area contributed by atoms with Crippen molar-refractivity contribution in [1.82, 2.24) is 14.3 Å². The number of hydrogen-bond donors (Lipinski definition) is 0. The number of hydrogen-bond acceptors (Lipinski definition) is 4. The van der Waals surface area contributed by atoms with E-state index in [1.807, 2.05) is 30.4 Å². The summed E-state index contributed by atoms with van der Waals surface area (Å²) in [5.41, 5.74) is 4.06. The number of nitrogens with zero attached hydrogens (tertiary/aromatic N) is 3. The third-order valence-corrected chi connectivity index (χ3v) is 5.70. The van der Waals surface area contributed by atoms with Crippen molar-refractivity contribution in [1.29, 1.82) is 0 Å². The summed E-state index contributed by atoms with van der Waals surface area (Å²) in [5, 5.41) is 2.18. The Hall–Kier alpha value is -1.98. The normalized spacial score (nSPS) is 18.3. The Kier molecular flexibility index (Phi) is 3.54. The highest BCUT2D eigenvalue weighted by molar-refractivity contribution is 7.10. The summed E-state index contributed by atoms with van der Waals surface area (Å²) in [7, 11) is 0. The molecule has 1 aliphatic heterocycles. The highest BCUT2D eigenvalue weighted by Gasteiger charge is 2.25. The molecule has 0 bridgehead atoms. The predicted octanol–water partition coefficient (Wildman–Crippen LogP) is 3.18. The highest BCUT2D eigenvalue weighted by atomic mass is 32.1. The minimum atomic E-state index is -0.00501. The van der Waals surface area contributed by atoms with Crippen LogP contribution in [0.1, 0.15) is 34.7 Å². The zero-order chi connectivity index (χ0) is 16.0. The maximum Gasteiger partial charge on any atom is 0.258 e. The molecule has 118 valence electrons. The molecule has 0 radical (unpaired) electrons. The van der Waals surface area contributed by atoms with Gasteiger partial charge in [-0.3, -0.25) is 14.1 Å². The summed E-state index contributed by atoms with van der Waals surface area (Å²) in [6.45, 7) is 5.97. The molecule has 4 rings (SSSR count). The van der Waals surface area contributed by atoms with Gasteiger partial charge in [0.05, 0.1) is 5.69 Å². The molecule has 0 saturated carbocycles. The van der Waals surface area contributed by atoms with Crippen molar-refractivity contribution in [3.8, 4) is 0 Å². The van der Waals surface area contributed by atoms with Crippen LogP contribution in [0.3, 0.4) is 0 Å². The van der Waals surface area contributed by atoms with Gasteiger partial charge in [-0.15, -0.1) is 11.3 Å². The van der Waals surface area contributed by atoms with Crippen LogP contribution in [0.5, 0.6) is 0 Å². The molecule has 0 fully saturated rings. The van der Waals surface area contributed by atoms with E-state index in [0.717, 1.165) is 36.4 Å². The summed E-state index contributed by atoms with van der Waals surface area (Å²) in [6, 6.07) is 8.15. The van der Waals surface area contributed by atoms with Gasteiger partial charge in [0.2, 0.25) is 0 Å². The van der Waals surface area contributed by atoms with Gasteiger partial charge in [0, 0.05) is 36.3 Å². The molecule has 0 aromatic carbocycles. The lowest BCUT2D eigenvalue weighted by Gasteiger charge is -2.33. The summed E-state index contributed by atoms with van der Waals surface area (Å²) in [6.07, 6.45) is 2.87. The van der Waals surface area contributed by atoms with E-state index in [0.29, 0.717) is 6.04 Å². The van der Waals surface area contributed by atoms with E-state index < -0.39 is 0 Å². The first-order chi connectivity index (χ1) is 11.1. The number of aryl methyl sites for hydroxylation is 1. The summed E-state index contributed by atoms with van der Waals surface area (Å²) >= 11 is 1.85. The fourth-order valence-corrected chi connectivity index (χ4v) is 4.34. The van der Waals surface area contributed by atoms with Gasteiger partial charge in [-0.05, 0) is 48.9 Å². The van der Waals surface area contributed by atoms with Crippen molar-refractivity contribution >= 4 is 17.0 Å². The fraction of sp³-hybridized carbons (Fsp3) is 0.333. The second kappa shape index (κ2) is 5.58. The van der Waals surface area contributed by atoms with Crippen LogP contribution >= 0.6 is 11.3 Å². The van der Waals surface area contributed by atoms with E-state index in [1.165, 1.54) is 10.4 Å². The van der Waals surface area contributed by atoms with Crippen LogP contribution in [-0.4, -0.2) is 20.8 Å². The second-order valence-corrected chi connectivity index (χ2v) is 7.17. The maximum absolute atomic E-state index is 12.3. The first-order valence-electron chi connectivity index (χ1n) is 7.92. The molecular weight excluding hydrogens is 306 g/mol. The maximum atomic E-state index is 12.3. The van der Waals surface area contributed by atoms with Crippen molar-refractivity contribution in [3.63, 3.8) is 0 Å². The molecule has 5 heteroatoms. The molecule has 4 heterocycles. The van der Waals surface area contributed by atoms with Gasteiger partial charge < -0.3 is 0 Å². The van der Waals surface area contributed by atoms with E-state index >= 15 is 0 Å². The van der Waals surface area contributed by atoms with E-state index in [4.69, 9.17) is 4.98 Å². The van der Waals surface area contributed by atoms with Gasteiger partial charge in [0.1, 0.15) is 5.65 Å². The molecule has 0 spiro atoms. The van der Waals surface area contributed by atoms with Gasteiger partial charge in [0.15, 0.2) is 0 Å². The zero-order valence-electron chi connectivity index (χ0n) is 13.3. The summed E-state index contributed by atoms with van der Waals surface area (Å²) in [4.78, 5) is 21.0. The molecule has 3 aromatic rings. The molecular formula is C18H19N3OS. The SMILES string of the molecule is Cc1cccn2c(=O)cc(CN3CCc4sccc4C3C)nc12. The van der Waals surface area contributed by atoms with Gasteiger partial charge in [-0.2, -0.15) is 0 Å². The van der Waals surface area contributed by atoms with Gasteiger partial charge >= 0.3 is 0 Å². The Balaban J connectivity index is 1.69. The smallest absolute Gasteiger partial charge is 0.258 e. The minimum Gasteiger partial charge on any atom is -0.290 e. The Morgan fingerprint density at radius 1 is 1.39 bits per heavy atom. The van der Waals surface area contributed by atoms with E-state index in [9.17, 15) is 4.79 Å². The monoisotopic (exact) mass is 325 g/mol. The van der Waals surface area contributed by atoms with Crippen LogP contribution in [-0.2, 0) is 13.0 Å². The Morgan fingerprint density at radius 2 is 2.26 bits per heavy atom. The average Bonchev–Trinajstić information content (AvgIpc) is 3.01. The van der Waals surface area contributed by atoms with Crippen LogP contribution in [0.15, 0.2) is 40.6 Å². The number of fused-ring (bicyclic) bond motifs is 2. The third-order valence-electron chi connectivity index (χ3n) is 4.71. The standard InChI is InChI=1S/C18H19N3OS/c1-12-4-3-7-21-17(22)10-14(19-18(12)21)11-20-8-5-16-15(13(20)2)6-9-23-16/h3-4,6-7,9-10,13H,5,8,11H2,1-2H3. The predicted molar refractivity (Wildman–Crippen MR) is 93.0 cm³/mol. The molecule has 1 atom stereocenters. The molecule has 1 aliphatic rings. The van der Waals surface area contributed by atoms with Crippen molar-refractivity contribution in [2.45, 2.75) is 32.9 Å².